The first kappa shape index (κ1) is 11.8. The smallest absolute Gasteiger partial charge is 0.274 e. The molecule has 2 heterocycles. The second-order valence-corrected chi connectivity index (χ2v) is 3.69. The van der Waals surface area contributed by atoms with Gasteiger partial charge < -0.3 is 11.1 Å². The van der Waals surface area contributed by atoms with E-state index in [4.69, 9.17) is 5.73 Å². The second kappa shape index (κ2) is 4.32. The molecule has 0 bridgehead atoms. The van der Waals surface area contributed by atoms with Crippen LogP contribution >= 0.6 is 0 Å². The lowest BCUT2D eigenvalue weighted by molar-refractivity contribution is 0.0992. The number of amides is 2. The van der Waals surface area contributed by atoms with Gasteiger partial charge in [0.05, 0.1) is 11.9 Å². The molecule has 2 aromatic heterocycles. The molecular weight excluding hydrogens is 236 g/mol. The van der Waals surface area contributed by atoms with Gasteiger partial charge >= 0.3 is 0 Å². The average Bonchev–Trinajstić information content (AvgIpc) is 2.85. The maximum atomic E-state index is 11.9. The summed E-state index contributed by atoms with van der Waals surface area (Å²) in [7, 11) is 3.22. The molecule has 2 rings (SSSR count). The monoisotopic (exact) mass is 248 g/mol. The third-order valence-electron chi connectivity index (χ3n) is 2.47. The number of nitrogens with two attached hydrogens (primary N) is 1. The summed E-state index contributed by atoms with van der Waals surface area (Å²) in [5, 5.41) is 10.3. The predicted molar refractivity (Wildman–Crippen MR) is 62.9 cm³/mol. The molecule has 0 aliphatic rings. The molecule has 0 unspecified atom stereocenters. The van der Waals surface area contributed by atoms with Crippen LogP contribution in [0.25, 0.3) is 0 Å². The number of hydrogen-bond donors (Lipinski definition) is 2. The molecule has 0 aromatic carbocycles. The quantitative estimate of drug-likeness (QED) is 0.763. The number of nitrogens with zero attached hydrogens (tertiary/aromatic N) is 4. The summed E-state index contributed by atoms with van der Waals surface area (Å²) in [5.41, 5.74) is 6.00. The van der Waals surface area contributed by atoms with E-state index in [2.05, 4.69) is 15.5 Å². The highest BCUT2D eigenvalue weighted by Gasteiger charge is 2.18. The Morgan fingerprint density at radius 3 is 2.56 bits per heavy atom. The standard InChI is InChI=1S/C10H12N6O2/c1-15-7(3-4-12-15)10(18)14-6-5-13-16(2)8(6)9(11)17/h3-5H,1-2H3,(H2,11,17)(H,14,18). The summed E-state index contributed by atoms with van der Waals surface area (Å²) < 4.78 is 2.73. The van der Waals surface area contributed by atoms with E-state index in [0.717, 1.165) is 0 Å². The van der Waals surface area contributed by atoms with Crippen molar-refractivity contribution in [2.75, 3.05) is 5.32 Å². The van der Waals surface area contributed by atoms with Gasteiger partial charge in [-0.3, -0.25) is 19.0 Å². The van der Waals surface area contributed by atoms with Gasteiger partial charge in [-0.25, -0.2) is 0 Å². The second-order valence-electron chi connectivity index (χ2n) is 3.69. The summed E-state index contributed by atoms with van der Waals surface area (Å²) in [6.45, 7) is 0. The topological polar surface area (TPSA) is 108 Å². The van der Waals surface area contributed by atoms with E-state index in [0.29, 0.717) is 5.69 Å². The van der Waals surface area contributed by atoms with E-state index in [1.807, 2.05) is 0 Å². The molecule has 0 aliphatic heterocycles. The first-order valence-corrected chi connectivity index (χ1v) is 5.12. The molecule has 0 fully saturated rings. The van der Waals surface area contributed by atoms with Gasteiger partial charge in [-0.15, -0.1) is 0 Å². The number of aryl methyl sites for hydroxylation is 2. The Morgan fingerprint density at radius 1 is 1.28 bits per heavy atom. The number of carbonyl (C=O) groups is 2. The predicted octanol–water partition coefficient (Wildman–Crippen LogP) is -0.495. The minimum atomic E-state index is -0.657. The van der Waals surface area contributed by atoms with Crippen molar-refractivity contribution in [2.24, 2.45) is 19.8 Å². The third kappa shape index (κ3) is 1.95. The van der Waals surface area contributed by atoms with E-state index in [9.17, 15) is 9.59 Å². The summed E-state index contributed by atoms with van der Waals surface area (Å²) in [5.74, 6) is -1.04. The minimum absolute atomic E-state index is 0.144. The molecule has 2 aromatic rings. The lowest BCUT2D eigenvalue weighted by Gasteiger charge is -2.05. The Balaban J connectivity index is 2.28. The molecule has 94 valence electrons. The molecule has 3 N–H and O–H groups in total. The number of nitrogens with one attached hydrogen (secondary N) is 1. The fraction of sp³-hybridized carbons (Fsp3) is 0.200. The molecule has 0 atom stereocenters. The zero-order chi connectivity index (χ0) is 13.3. The van der Waals surface area contributed by atoms with E-state index in [1.54, 1.807) is 20.2 Å². The fourth-order valence-corrected chi connectivity index (χ4v) is 1.60. The summed E-state index contributed by atoms with van der Waals surface area (Å²) in [6, 6.07) is 1.57. The Hall–Kier alpha value is -2.64. The van der Waals surface area contributed by atoms with Crippen LogP contribution in [-0.4, -0.2) is 31.4 Å². The van der Waals surface area contributed by atoms with Gasteiger partial charge in [0.15, 0.2) is 0 Å². The number of anilines is 1. The molecule has 8 heteroatoms. The molecule has 2 amide bonds. The molecule has 0 saturated heterocycles. The van der Waals surface area contributed by atoms with Gasteiger partial charge in [0.2, 0.25) is 0 Å². The van der Waals surface area contributed by atoms with Crippen LogP contribution in [0, 0.1) is 0 Å². The normalized spacial score (nSPS) is 10.3. The molecule has 0 aliphatic carbocycles. The Labute approximate surface area is 102 Å². The highest BCUT2D eigenvalue weighted by Crippen LogP contribution is 2.14. The molecule has 0 saturated carbocycles. The van der Waals surface area contributed by atoms with Gasteiger partial charge in [-0.05, 0) is 6.07 Å². The van der Waals surface area contributed by atoms with Crippen LogP contribution in [0.5, 0.6) is 0 Å². The third-order valence-corrected chi connectivity index (χ3v) is 2.47. The lowest BCUT2D eigenvalue weighted by Crippen LogP contribution is -2.21. The van der Waals surface area contributed by atoms with Crippen molar-refractivity contribution in [2.45, 2.75) is 0 Å². The van der Waals surface area contributed by atoms with E-state index in [-0.39, 0.29) is 17.3 Å². The zero-order valence-electron chi connectivity index (χ0n) is 9.91. The van der Waals surface area contributed by atoms with Crippen molar-refractivity contribution in [3.8, 4) is 0 Å². The van der Waals surface area contributed by atoms with E-state index in [1.165, 1.54) is 21.8 Å². The van der Waals surface area contributed by atoms with Crippen molar-refractivity contribution in [1.29, 1.82) is 0 Å². The van der Waals surface area contributed by atoms with Gasteiger partial charge in [-0.2, -0.15) is 10.2 Å². The number of aromatic nitrogens is 4. The number of rotatable bonds is 3. The van der Waals surface area contributed by atoms with Gasteiger partial charge in [0, 0.05) is 20.3 Å². The fourth-order valence-electron chi connectivity index (χ4n) is 1.60. The van der Waals surface area contributed by atoms with Crippen LogP contribution in [0.4, 0.5) is 5.69 Å². The van der Waals surface area contributed by atoms with Crippen molar-refractivity contribution in [3.05, 3.63) is 29.8 Å². The SMILES string of the molecule is Cn1nccc1C(=O)Nc1cnn(C)c1C(N)=O. The first-order chi connectivity index (χ1) is 8.50. The molecule has 0 spiro atoms. The van der Waals surface area contributed by atoms with E-state index >= 15 is 0 Å². The highest BCUT2D eigenvalue weighted by molar-refractivity contribution is 6.07. The molecule has 18 heavy (non-hydrogen) atoms. The van der Waals surface area contributed by atoms with Crippen LogP contribution in [0.3, 0.4) is 0 Å². The Kier molecular flexibility index (Phi) is 2.84. The first-order valence-electron chi connectivity index (χ1n) is 5.12. The van der Waals surface area contributed by atoms with Gasteiger partial charge in [0.1, 0.15) is 11.4 Å². The van der Waals surface area contributed by atoms with Crippen molar-refractivity contribution < 1.29 is 9.59 Å². The largest absolute Gasteiger partial charge is 0.364 e. The van der Waals surface area contributed by atoms with Crippen LogP contribution in [0.2, 0.25) is 0 Å². The van der Waals surface area contributed by atoms with Crippen LogP contribution in [0.15, 0.2) is 18.5 Å². The number of hydrogen-bond acceptors (Lipinski definition) is 4. The van der Waals surface area contributed by atoms with Crippen LogP contribution < -0.4 is 11.1 Å². The summed E-state index contributed by atoms with van der Waals surface area (Å²) in [6.07, 6.45) is 2.88. The van der Waals surface area contributed by atoms with Crippen LogP contribution in [-0.2, 0) is 14.1 Å². The van der Waals surface area contributed by atoms with Crippen molar-refractivity contribution in [3.63, 3.8) is 0 Å². The van der Waals surface area contributed by atoms with Gasteiger partial charge in [0.25, 0.3) is 11.8 Å². The molecule has 8 nitrogen and oxygen atoms in total. The summed E-state index contributed by atoms with van der Waals surface area (Å²) in [4.78, 5) is 23.2. The minimum Gasteiger partial charge on any atom is -0.364 e. The zero-order valence-corrected chi connectivity index (χ0v) is 9.91. The maximum Gasteiger partial charge on any atom is 0.274 e. The Bertz CT molecular complexity index is 612. The number of primary amides is 1. The van der Waals surface area contributed by atoms with Crippen molar-refractivity contribution >= 4 is 17.5 Å². The molecular formula is C10H12N6O2. The number of carbonyl (C=O) groups excluding carboxylic acids is 2. The average molecular weight is 248 g/mol. The van der Waals surface area contributed by atoms with Gasteiger partial charge in [-0.1, -0.05) is 0 Å². The summed E-state index contributed by atoms with van der Waals surface area (Å²) >= 11 is 0. The Morgan fingerprint density at radius 2 is 2.00 bits per heavy atom. The van der Waals surface area contributed by atoms with Crippen LogP contribution in [0.1, 0.15) is 21.0 Å². The molecule has 0 radical (unpaired) electrons. The van der Waals surface area contributed by atoms with Crippen molar-refractivity contribution in [1.82, 2.24) is 19.6 Å². The van der Waals surface area contributed by atoms with E-state index < -0.39 is 5.91 Å². The lowest BCUT2D eigenvalue weighted by atomic mass is 10.3. The maximum absolute atomic E-state index is 11.9. The highest BCUT2D eigenvalue weighted by atomic mass is 16.2.